The van der Waals surface area contributed by atoms with E-state index in [1.807, 2.05) is 12.2 Å². The third kappa shape index (κ3) is 2.56. The monoisotopic (exact) mass is 452 g/mol. The summed E-state index contributed by atoms with van der Waals surface area (Å²) in [7, 11) is 0. The normalized spacial score (nSPS) is 52.0. The molecule has 33 heavy (non-hydrogen) atoms. The van der Waals surface area contributed by atoms with Gasteiger partial charge in [-0.25, -0.2) is 4.79 Å². The predicted molar refractivity (Wildman–Crippen MR) is 115 cm³/mol. The Labute approximate surface area is 193 Å². The summed E-state index contributed by atoms with van der Waals surface area (Å²) in [6.45, 7) is 1.73. The van der Waals surface area contributed by atoms with E-state index in [0.29, 0.717) is 18.3 Å². The molecule has 7 atom stereocenters. The van der Waals surface area contributed by atoms with Crippen molar-refractivity contribution in [2.75, 3.05) is 6.61 Å². The van der Waals surface area contributed by atoms with E-state index in [-0.39, 0.29) is 47.8 Å². The van der Waals surface area contributed by atoms with Gasteiger partial charge in [-0.05, 0) is 80.5 Å². The van der Waals surface area contributed by atoms with Crippen molar-refractivity contribution in [1.82, 2.24) is 0 Å². The van der Waals surface area contributed by atoms with Gasteiger partial charge in [-0.3, -0.25) is 14.4 Å². The molecule has 7 unspecified atom stereocenters. The minimum atomic E-state index is -0.529. The highest BCUT2D eigenvalue weighted by Gasteiger charge is 2.69. The fourth-order valence-corrected chi connectivity index (χ4v) is 10.1. The Bertz CT molecular complexity index is 951. The zero-order valence-electron chi connectivity index (χ0n) is 19.1. The van der Waals surface area contributed by atoms with Crippen LogP contribution in [0.5, 0.6) is 0 Å². The summed E-state index contributed by atoms with van der Waals surface area (Å²) in [5.41, 5.74) is -0.400. The molecule has 0 aromatic rings. The van der Waals surface area contributed by atoms with Crippen LogP contribution in [0.25, 0.3) is 0 Å². The van der Waals surface area contributed by atoms with Crippen molar-refractivity contribution in [3.05, 3.63) is 12.2 Å². The molecule has 0 N–H and O–H groups in total. The van der Waals surface area contributed by atoms with Crippen LogP contribution in [0.4, 0.5) is 0 Å². The van der Waals surface area contributed by atoms with Gasteiger partial charge < -0.3 is 9.47 Å². The van der Waals surface area contributed by atoms with E-state index in [2.05, 4.69) is 6.92 Å². The molecular formula is C27H32O6. The molecule has 0 aromatic carbocycles. The Balaban J connectivity index is 1.01. The van der Waals surface area contributed by atoms with E-state index < -0.39 is 29.4 Å². The van der Waals surface area contributed by atoms with Crippen molar-refractivity contribution in [2.45, 2.75) is 57.5 Å². The zero-order chi connectivity index (χ0) is 22.6. The largest absolute Gasteiger partial charge is 0.456 e. The molecule has 7 fully saturated rings. The van der Waals surface area contributed by atoms with Crippen molar-refractivity contribution in [3.63, 3.8) is 0 Å². The number of Topliss-reactive ketones (excluding diaryl/α,β-unsaturated/α-hetero) is 2. The van der Waals surface area contributed by atoms with Gasteiger partial charge in [0.05, 0.1) is 5.92 Å². The second kappa shape index (κ2) is 6.79. The number of carbonyl (C=O) groups is 4. The number of hydrogen-bond donors (Lipinski definition) is 0. The molecule has 0 heterocycles. The van der Waals surface area contributed by atoms with Gasteiger partial charge in [0.25, 0.3) is 0 Å². The first-order valence-corrected chi connectivity index (χ1v) is 13.1. The van der Waals surface area contributed by atoms with Gasteiger partial charge in [-0.15, -0.1) is 0 Å². The second-order valence-corrected chi connectivity index (χ2v) is 12.1. The number of carbonyl (C=O) groups excluding carboxylic acids is 4. The van der Waals surface area contributed by atoms with Crippen LogP contribution < -0.4 is 0 Å². The lowest BCUT2D eigenvalue weighted by molar-refractivity contribution is -0.214. The van der Waals surface area contributed by atoms with E-state index in [9.17, 15) is 19.2 Å². The summed E-state index contributed by atoms with van der Waals surface area (Å²) in [4.78, 5) is 51.2. The quantitative estimate of drug-likeness (QED) is 0.362. The highest BCUT2D eigenvalue weighted by molar-refractivity contribution is 6.01. The van der Waals surface area contributed by atoms with E-state index in [1.54, 1.807) is 0 Å². The maximum atomic E-state index is 13.0. The fourth-order valence-electron chi connectivity index (χ4n) is 10.1. The van der Waals surface area contributed by atoms with Gasteiger partial charge >= 0.3 is 11.9 Å². The van der Waals surface area contributed by atoms with Gasteiger partial charge in [0.1, 0.15) is 17.2 Å². The molecule has 0 radical (unpaired) electrons. The highest BCUT2D eigenvalue weighted by atomic mass is 16.6. The lowest BCUT2D eigenvalue weighted by Crippen LogP contribution is -2.59. The number of fused-ring (bicyclic) bond motifs is 9. The summed E-state index contributed by atoms with van der Waals surface area (Å²) < 4.78 is 11.6. The summed E-state index contributed by atoms with van der Waals surface area (Å²) in [5.74, 6) is 0.323. The molecule has 0 spiro atoms. The Morgan fingerprint density at radius 1 is 0.909 bits per heavy atom. The van der Waals surface area contributed by atoms with Gasteiger partial charge in [0.15, 0.2) is 6.61 Å². The summed E-state index contributed by atoms with van der Waals surface area (Å²) in [5, 5.41) is 0. The minimum Gasteiger partial charge on any atom is -0.456 e. The standard InChI is InChI=1S/C27H32O6/c1-2-27(14-6-12-5-13(8-14)9-15(27)7-12)33-20(28)11-32-26(31)19-10-18-21-16-3-4-17(24(16)29)22(21)23(19)25(18)30/h3-4,12-19,21-23H,2,5-11H2,1H3. The second-order valence-electron chi connectivity index (χ2n) is 12.1. The van der Waals surface area contributed by atoms with E-state index >= 15 is 0 Å². The SMILES string of the molecule is CCC1(OC(=O)COC(=O)C2CC3C(=O)C2C2C4C=CC(C4=O)C32)C2CC3CC(C2)CC1C3. The third-order valence-electron chi connectivity index (χ3n) is 11.0. The van der Waals surface area contributed by atoms with Gasteiger partial charge in [0.2, 0.25) is 0 Å². The Morgan fingerprint density at radius 2 is 1.55 bits per heavy atom. The third-order valence-corrected chi connectivity index (χ3v) is 11.0. The van der Waals surface area contributed by atoms with Crippen molar-refractivity contribution in [1.29, 1.82) is 0 Å². The zero-order valence-corrected chi connectivity index (χ0v) is 19.1. The van der Waals surface area contributed by atoms with Crippen molar-refractivity contribution < 1.29 is 28.7 Å². The Hall–Kier alpha value is -1.98. The Kier molecular flexibility index (Phi) is 4.20. The average molecular weight is 453 g/mol. The molecule has 8 aliphatic rings. The molecule has 8 aliphatic carbocycles. The number of rotatable bonds is 5. The minimum absolute atomic E-state index is 0.0559. The first kappa shape index (κ1) is 20.4. The molecule has 0 saturated heterocycles. The van der Waals surface area contributed by atoms with Crippen molar-refractivity contribution in [2.24, 2.45) is 65.1 Å². The number of esters is 2. The van der Waals surface area contributed by atoms with Gasteiger partial charge in [-0.2, -0.15) is 0 Å². The predicted octanol–water partition coefficient (Wildman–Crippen LogP) is 3.13. The maximum absolute atomic E-state index is 13.0. The molecule has 176 valence electrons. The Morgan fingerprint density at radius 3 is 2.18 bits per heavy atom. The molecule has 0 aromatic heterocycles. The van der Waals surface area contributed by atoms with Crippen LogP contribution in [-0.4, -0.2) is 35.7 Å². The van der Waals surface area contributed by atoms with Crippen LogP contribution in [0.1, 0.15) is 51.9 Å². The van der Waals surface area contributed by atoms with Crippen molar-refractivity contribution in [3.8, 4) is 0 Å². The van der Waals surface area contributed by atoms with Gasteiger partial charge in [-0.1, -0.05) is 19.1 Å². The van der Waals surface area contributed by atoms with E-state index in [1.165, 1.54) is 6.42 Å². The summed E-state index contributed by atoms with van der Waals surface area (Å²) >= 11 is 0. The first-order valence-electron chi connectivity index (χ1n) is 13.1. The molecular weight excluding hydrogens is 420 g/mol. The average Bonchev–Trinajstić information content (AvgIpc) is 3.50. The van der Waals surface area contributed by atoms with Crippen LogP contribution >= 0.6 is 0 Å². The lowest BCUT2D eigenvalue weighted by atomic mass is 9.49. The van der Waals surface area contributed by atoms with Crippen molar-refractivity contribution >= 4 is 23.5 Å². The molecule has 6 heteroatoms. The number of ketones is 2. The summed E-state index contributed by atoms with van der Waals surface area (Å²) in [6, 6.07) is 0. The smallest absolute Gasteiger partial charge is 0.344 e. The highest BCUT2D eigenvalue weighted by Crippen LogP contribution is 2.64. The molecule has 0 aliphatic heterocycles. The number of ether oxygens (including phenoxy) is 2. The molecule has 7 saturated carbocycles. The lowest BCUT2D eigenvalue weighted by Gasteiger charge is -2.60. The van der Waals surface area contributed by atoms with Crippen LogP contribution in [0.2, 0.25) is 0 Å². The van der Waals surface area contributed by atoms with Crippen LogP contribution in [0.15, 0.2) is 12.2 Å². The van der Waals surface area contributed by atoms with E-state index in [4.69, 9.17) is 9.47 Å². The first-order chi connectivity index (χ1) is 15.9. The maximum Gasteiger partial charge on any atom is 0.344 e. The molecule has 0 amide bonds. The summed E-state index contributed by atoms with van der Waals surface area (Å²) in [6.07, 6.45) is 11.1. The van der Waals surface area contributed by atoms with E-state index in [0.717, 1.165) is 43.9 Å². The molecule has 8 rings (SSSR count). The topological polar surface area (TPSA) is 86.7 Å². The number of allylic oxidation sites excluding steroid dienone is 2. The molecule has 8 bridgehead atoms. The molecule has 6 nitrogen and oxygen atoms in total. The van der Waals surface area contributed by atoms with Crippen LogP contribution in [0.3, 0.4) is 0 Å². The fraction of sp³-hybridized carbons (Fsp3) is 0.778. The van der Waals surface area contributed by atoms with Gasteiger partial charge in [0, 0.05) is 23.7 Å². The number of hydrogen-bond acceptors (Lipinski definition) is 6. The van der Waals surface area contributed by atoms with Crippen LogP contribution in [0, 0.1) is 65.1 Å². The van der Waals surface area contributed by atoms with Crippen LogP contribution in [-0.2, 0) is 28.7 Å².